The van der Waals surface area contributed by atoms with E-state index < -0.39 is 0 Å². The molecule has 3 atom stereocenters. The molecule has 0 aromatic heterocycles. The maximum Gasteiger partial charge on any atom is -0.0365 e. The minimum absolute atomic E-state index is 0.900. The van der Waals surface area contributed by atoms with Crippen LogP contribution in [-0.2, 0) is 0 Å². The van der Waals surface area contributed by atoms with Gasteiger partial charge in [-0.15, -0.1) is 0 Å². The van der Waals surface area contributed by atoms with Gasteiger partial charge in [-0.3, -0.25) is 0 Å². The van der Waals surface area contributed by atoms with Crippen molar-refractivity contribution in [2.45, 2.75) is 67.2 Å². The Balaban J connectivity index is 0.000000500. The molecule has 3 unspecified atom stereocenters. The van der Waals surface area contributed by atoms with Crippen molar-refractivity contribution < 1.29 is 0 Å². The van der Waals surface area contributed by atoms with Crippen molar-refractivity contribution in [1.82, 2.24) is 0 Å². The largest absolute Gasteiger partial charge is 0.0656 e. The Kier molecular flexibility index (Phi) is 7.31. The summed E-state index contributed by atoms with van der Waals surface area (Å²) in [5.74, 6) is 3.86. The molecule has 0 aliphatic heterocycles. The van der Waals surface area contributed by atoms with Crippen molar-refractivity contribution in [3.8, 4) is 0 Å². The highest BCUT2D eigenvalue weighted by Gasteiger charge is 2.26. The van der Waals surface area contributed by atoms with Crippen LogP contribution in [0.1, 0.15) is 67.2 Å². The van der Waals surface area contributed by atoms with Crippen LogP contribution in [0.2, 0.25) is 0 Å². The molecule has 0 radical (unpaired) electrons. The van der Waals surface area contributed by atoms with Gasteiger partial charge in [-0.1, -0.05) is 54.4 Å². The number of rotatable bonds is 1. The summed E-state index contributed by atoms with van der Waals surface area (Å²) in [6.07, 6.45) is 5.65. The smallest absolute Gasteiger partial charge is 0.0365 e. The molecular weight excluding hydrogens is 168 g/mol. The molecule has 86 valence electrons. The average molecular weight is 198 g/mol. The van der Waals surface area contributed by atoms with Gasteiger partial charge in [0.1, 0.15) is 0 Å². The molecule has 0 amide bonds. The van der Waals surface area contributed by atoms with Crippen LogP contribution in [0.25, 0.3) is 0 Å². The normalized spacial score (nSPS) is 32.4. The summed E-state index contributed by atoms with van der Waals surface area (Å²) in [6.45, 7) is 13.8. The van der Waals surface area contributed by atoms with Crippen LogP contribution in [0.4, 0.5) is 0 Å². The molecule has 1 rings (SSSR count). The van der Waals surface area contributed by atoms with E-state index in [2.05, 4.69) is 41.5 Å². The van der Waals surface area contributed by atoms with Crippen molar-refractivity contribution in [2.75, 3.05) is 0 Å². The summed E-state index contributed by atoms with van der Waals surface area (Å²) < 4.78 is 0. The molecular formula is C14H30. The summed E-state index contributed by atoms with van der Waals surface area (Å²) in [5, 5.41) is 0. The molecule has 0 heterocycles. The fraction of sp³-hybridized carbons (Fsp3) is 1.00. The number of hydrogen-bond acceptors (Lipinski definition) is 0. The second kappa shape index (κ2) is 7.31. The molecule has 1 aliphatic carbocycles. The van der Waals surface area contributed by atoms with Crippen LogP contribution in [0.15, 0.2) is 0 Å². The second-order valence-corrected chi connectivity index (χ2v) is 5.51. The van der Waals surface area contributed by atoms with E-state index in [1.54, 1.807) is 0 Å². The van der Waals surface area contributed by atoms with E-state index in [0.717, 1.165) is 23.7 Å². The van der Waals surface area contributed by atoms with Gasteiger partial charge in [-0.25, -0.2) is 0 Å². The van der Waals surface area contributed by atoms with Crippen LogP contribution >= 0.6 is 0 Å². The van der Waals surface area contributed by atoms with Gasteiger partial charge in [0.25, 0.3) is 0 Å². The lowest BCUT2D eigenvalue weighted by Gasteiger charge is -2.35. The topological polar surface area (TPSA) is 0 Å². The van der Waals surface area contributed by atoms with Crippen LogP contribution < -0.4 is 0 Å². The zero-order valence-electron chi connectivity index (χ0n) is 11.1. The molecule has 0 heteroatoms. The highest BCUT2D eigenvalue weighted by Crippen LogP contribution is 2.37. The number of hydrogen-bond donors (Lipinski definition) is 0. The van der Waals surface area contributed by atoms with Crippen LogP contribution in [0.3, 0.4) is 0 Å². The highest BCUT2D eigenvalue weighted by atomic mass is 14.3. The minimum atomic E-state index is 0.900. The molecule has 0 N–H and O–H groups in total. The first-order chi connectivity index (χ1) is 6.52. The van der Waals surface area contributed by atoms with Crippen LogP contribution in [0.5, 0.6) is 0 Å². The maximum atomic E-state index is 2.43. The predicted octanol–water partition coefficient (Wildman–Crippen LogP) is 5.13. The molecule has 14 heavy (non-hydrogen) atoms. The Bertz CT molecular complexity index is 126. The quantitative estimate of drug-likeness (QED) is 0.548. The van der Waals surface area contributed by atoms with Gasteiger partial charge in [0, 0.05) is 0 Å². The average Bonchev–Trinajstić information content (AvgIpc) is 2.04. The van der Waals surface area contributed by atoms with Gasteiger partial charge in [-0.2, -0.15) is 0 Å². The highest BCUT2D eigenvalue weighted by molar-refractivity contribution is 4.77. The standard InChI is InChI=1S/C11H22.C3H8/c1-8(2)11-6-5-9(3)7-10(11)4;1-3-2/h8-11H,5-7H2,1-4H3;3H2,1-2H3. The summed E-state index contributed by atoms with van der Waals surface area (Å²) >= 11 is 0. The van der Waals surface area contributed by atoms with E-state index >= 15 is 0 Å². The van der Waals surface area contributed by atoms with E-state index in [1.807, 2.05) is 0 Å². The van der Waals surface area contributed by atoms with E-state index in [-0.39, 0.29) is 0 Å². The van der Waals surface area contributed by atoms with Crippen molar-refractivity contribution in [2.24, 2.45) is 23.7 Å². The van der Waals surface area contributed by atoms with Crippen LogP contribution in [0, 0.1) is 23.7 Å². The van der Waals surface area contributed by atoms with Gasteiger partial charge >= 0.3 is 0 Å². The summed E-state index contributed by atoms with van der Waals surface area (Å²) in [6, 6.07) is 0. The fourth-order valence-electron chi connectivity index (χ4n) is 2.68. The molecule has 1 aliphatic rings. The van der Waals surface area contributed by atoms with Crippen LogP contribution in [-0.4, -0.2) is 0 Å². The fourth-order valence-corrected chi connectivity index (χ4v) is 2.68. The molecule has 0 spiro atoms. The lowest BCUT2D eigenvalue weighted by molar-refractivity contribution is 0.158. The molecule has 1 saturated carbocycles. The summed E-state index contributed by atoms with van der Waals surface area (Å²) in [5.41, 5.74) is 0. The first-order valence-corrected chi connectivity index (χ1v) is 6.52. The Hall–Kier alpha value is 0. The zero-order valence-corrected chi connectivity index (χ0v) is 11.1. The summed E-state index contributed by atoms with van der Waals surface area (Å²) in [4.78, 5) is 0. The Morgan fingerprint density at radius 3 is 1.93 bits per heavy atom. The van der Waals surface area contributed by atoms with E-state index in [0.29, 0.717) is 0 Å². The Labute approximate surface area is 91.5 Å². The van der Waals surface area contributed by atoms with Gasteiger partial charge < -0.3 is 0 Å². The van der Waals surface area contributed by atoms with Crippen molar-refractivity contribution in [3.63, 3.8) is 0 Å². The van der Waals surface area contributed by atoms with E-state index in [9.17, 15) is 0 Å². The molecule has 0 aromatic rings. The molecule has 0 saturated heterocycles. The summed E-state index contributed by atoms with van der Waals surface area (Å²) in [7, 11) is 0. The molecule has 0 bridgehead atoms. The third-order valence-electron chi connectivity index (χ3n) is 3.35. The van der Waals surface area contributed by atoms with Gasteiger partial charge in [-0.05, 0) is 36.5 Å². The third-order valence-corrected chi connectivity index (χ3v) is 3.35. The third kappa shape index (κ3) is 5.02. The van der Waals surface area contributed by atoms with Crippen molar-refractivity contribution in [3.05, 3.63) is 0 Å². The predicted molar refractivity (Wildman–Crippen MR) is 66.5 cm³/mol. The zero-order chi connectivity index (χ0) is 11.1. The molecule has 0 nitrogen and oxygen atoms in total. The lowest BCUT2D eigenvalue weighted by Crippen LogP contribution is -2.25. The first-order valence-electron chi connectivity index (χ1n) is 6.52. The lowest BCUT2D eigenvalue weighted by atomic mass is 9.71. The van der Waals surface area contributed by atoms with Gasteiger partial charge in [0.05, 0.1) is 0 Å². The SMILES string of the molecule is CC1CCC(C(C)C)C(C)C1.CCC. The Morgan fingerprint density at radius 2 is 1.57 bits per heavy atom. The van der Waals surface area contributed by atoms with Gasteiger partial charge in [0.15, 0.2) is 0 Å². The maximum absolute atomic E-state index is 2.43. The first kappa shape index (κ1) is 14.0. The van der Waals surface area contributed by atoms with E-state index in [1.165, 1.54) is 25.7 Å². The molecule has 0 aromatic carbocycles. The Morgan fingerprint density at radius 1 is 1.07 bits per heavy atom. The second-order valence-electron chi connectivity index (χ2n) is 5.51. The molecule has 1 fully saturated rings. The monoisotopic (exact) mass is 198 g/mol. The van der Waals surface area contributed by atoms with Gasteiger partial charge in [0.2, 0.25) is 0 Å². The minimum Gasteiger partial charge on any atom is -0.0656 e. The van der Waals surface area contributed by atoms with Crippen molar-refractivity contribution in [1.29, 1.82) is 0 Å². The van der Waals surface area contributed by atoms with E-state index in [4.69, 9.17) is 0 Å². The van der Waals surface area contributed by atoms with Crippen molar-refractivity contribution >= 4 is 0 Å².